The average molecular weight is 311 g/mol. The van der Waals surface area contributed by atoms with E-state index in [-0.39, 0.29) is 29.9 Å². The molecule has 1 aliphatic heterocycles. The Morgan fingerprint density at radius 3 is 2.81 bits per heavy atom. The Bertz CT molecular complexity index is 672. The van der Waals surface area contributed by atoms with Crippen LogP contribution in [0.4, 0.5) is 11.4 Å². The average Bonchev–Trinajstić information content (AvgIpc) is 2.67. The number of hydrogen-bond acceptors (Lipinski definition) is 4. The zero-order valence-corrected chi connectivity index (χ0v) is 12.4. The number of nitrogens with zero attached hydrogens (tertiary/aromatic N) is 1. The second-order valence-corrected chi connectivity index (χ2v) is 6.79. The van der Waals surface area contributed by atoms with Crippen LogP contribution in [0.1, 0.15) is 13.3 Å². The van der Waals surface area contributed by atoms with Gasteiger partial charge in [0, 0.05) is 37.2 Å². The highest BCUT2D eigenvalue weighted by molar-refractivity contribution is 7.89. The Hall–Kier alpha value is -1.93. The lowest BCUT2D eigenvalue weighted by Gasteiger charge is -2.17. The number of carbonyl (C=O) groups excluding carboxylic acids is 2. The molecule has 1 aliphatic rings. The van der Waals surface area contributed by atoms with Gasteiger partial charge in [-0.1, -0.05) is 6.07 Å². The van der Waals surface area contributed by atoms with Gasteiger partial charge in [0.2, 0.25) is 21.8 Å². The third-order valence-electron chi connectivity index (χ3n) is 3.15. The number of benzene rings is 1. The van der Waals surface area contributed by atoms with Gasteiger partial charge < -0.3 is 10.2 Å². The first-order chi connectivity index (χ1) is 9.74. The summed E-state index contributed by atoms with van der Waals surface area (Å²) in [6.45, 7) is 1.70. The first-order valence-electron chi connectivity index (χ1n) is 6.43. The van der Waals surface area contributed by atoms with Crippen molar-refractivity contribution in [2.24, 2.45) is 11.1 Å². The molecule has 0 radical (unpaired) electrons. The van der Waals surface area contributed by atoms with Crippen molar-refractivity contribution >= 4 is 33.2 Å². The number of nitrogens with one attached hydrogen (secondary N) is 1. The molecule has 2 rings (SSSR count). The fraction of sp³-hybridized carbons (Fsp3) is 0.385. The standard InChI is InChI=1S/C13H17N3O4S/c1-9(17)15-11-3-2-4-12(6-11)16-7-10(5-13(16)18)8-21(14,19)20/h2-4,6,10H,5,7-8H2,1H3,(H,15,17)(H2,14,19,20). The molecule has 3 N–H and O–H groups in total. The molecule has 0 saturated carbocycles. The zero-order valence-electron chi connectivity index (χ0n) is 11.6. The maximum absolute atomic E-state index is 12.0. The van der Waals surface area contributed by atoms with E-state index in [0.717, 1.165) is 0 Å². The first kappa shape index (κ1) is 15.5. The van der Waals surface area contributed by atoms with E-state index in [1.807, 2.05) is 0 Å². The summed E-state index contributed by atoms with van der Waals surface area (Å²) in [7, 11) is -3.60. The maximum Gasteiger partial charge on any atom is 0.227 e. The van der Waals surface area contributed by atoms with Crippen LogP contribution < -0.4 is 15.4 Å². The Balaban J connectivity index is 2.15. The van der Waals surface area contributed by atoms with Crippen LogP contribution in [0, 0.1) is 5.92 Å². The molecule has 2 amide bonds. The summed E-state index contributed by atoms with van der Waals surface area (Å²) in [5, 5.41) is 7.66. The molecule has 0 spiro atoms. The van der Waals surface area contributed by atoms with Crippen molar-refractivity contribution in [1.82, 2.24) is 0 Å². The molecule has 1 saturated heterocycles. The molecule has 0 aromatic heterocycles. The van der Waals surface area contributed by atoms with Crippen LogP contribution in [0.3, 0.4) is 0 Å². The van der Waals surface area contributed by atoms with Crippen molar-refractivity contribution < 1.29 is 18.0 Å². The van der Waals surface area contributed by atoms with Gasteiger partial charge in [0.05, 0.1) is 5.75 Å². The largest absolute Gasteiger partial charge is 0.326 e. The normalized spacial score (nSPS) is 18.9. The van der Waals surface area contributed by atoms with E-state index in [4.69, 9.17) is 5.14 Å². The summed E-state index contributed by atoms with van der Waals surface area (Å²) >= 11 is 0. The van der Waals surface area contributed by atoms with Crippen molar-refractivity contribution in [2.75, 3.05) is 22.5 Å². The number of sulfonamides is 1. The molecule has 114 valence electrons. The first-order valence-corrected chi connectivity index (χ1v) is 8.14. The molecule has 8 heteroatoms. The van der Waals surface area contributed by atoms with Gasteiger partial charge in [0.15, 0.2) is 0 Å². The molecule has 0 bridgehead atoms. The smallest absolute Gasteiger partial charge is 0.227 e. The van der Waals surface area contributed by atoms with Crippen LogP contribution in [0.5, 0.6) is 0 Å². The fourth-order valence-electron chi connectivity index (χ4n) is 2.43. The monoisotopic (exact) mass is 311 g/mol. The lowest BCUT2D eigenvalue weighted by molar-refractivity contribution is -0.117. The SMILES string of the molecule is CC(=O)Nc1cccc(N2CC(CS(N)(=O)=O)CC2=O)c1. The van der Waals surface area contributed by atoms with Gasteiger partial charge in [-0.05, 0) is 18.2 Å². The second-order valence-electron chi connectivity index (χ2n) is 5.14. The summed E-state index contributed by atoms with van der Waals surface area (Å²) in [5.74, 6) is -0.867. The van der Waals surface area contributed by atoms with Crippen molar-refractivity contribution in [3.63, 3.8) is 0 Å². The van der Waals surface area contributed by atoms with Crippen LogP contribution in [0.25, 0.3) is 0 Å². The summed E-state index contributed by atoms with van der Waals surface area (Å²) in [6.07, 6.45) is 0.154. The number of anilines is 2. The number of rotatable bonds is 4. The molecule has 1 aromatic rings. The van der Waals surface area contributed by atoms with Crippen molar-refractivity contribution in [1.29, 1.82) is 0 Å². The van der Waals surface area contributed by atoms with E-state index in [9.17, 15) is 18.0 Å². The van der Waals surface area contributed by atoms with Gasteiger partial charge in [-0.15, -0.1) is 0 Å². The van der Waals surface area contributed by atoms with E-state index in [0.29, 0.717) is 17.9 Å². The lowest BCUT2D eigenvalue weighted by atomic mass is 10.1. The summed E-state index contributed by atoms with van der Waals surface area (Å²) in [4.78, 5) is 24.6. The molecule has 0 aliphatic carbocycles. The van der Waals surface area contributed by atoms with Crippen molar-refractivity contribution in [3.05, 3.63) is 24.3 Å². The van der Waals surface area contributed by atoms with Crippen LogP contribution in [-0.2, 0) is 19.6 Å². The van der Waals surface area contributed by atoms with Crippen molar-refractivity contribution in [3.8, 4) is 0 Å². The summed E-state index contributed by atoms with van der Waals surface area (Å²) in [5.41, 5.74) is 1.21. The molecule has 7 nitrogen and oxygen atoms in total. The van der Waals surface area contributed by atoms with Crippen LogP contribution >= 0.6 is 0 Å². The number of carbonyl (C=O) groups is 2. The quantitative estimate of drug-likeness (QED) is 0.832. The predicted octanol–water partition coefficient (Wildman–Crippen LogP) is 0.286. The molecule has 1 unspecified atom stereocenters. The molecule has 1 fully saturated rings. The van der Waals surface area contributed by atoms with Crippen LogP contribution in [0.15, 0.2) is 24.3 Å². The highest BCUT2D eigenvalue weighted by Gasteiger charge is 2.32. The van der Waals surface area contributed by atoms with E-state index in [2.05, 4.69) is 5.32 Å². The van der Waals surface area contributed by atoms with Crippen LogP contribution in [0.2, 0.25) is 0 Å². The van der Waals surface area contributed by atoms with E-state index in [1.165, 1.54) is 11.8 Å². The Kier molecular flexibility index (Phi) is 4.29. The van der Waals surface area contributed by atoms with Gasteiger partial charge in [-0.3, -0.25) is 9.59 Å². The van der Waals surface area contributed by atoms with E-state index < -0.39 is 10.0 Å². The summed E-state index contributed by atoms with van der Waals surface area (Å²) in [6, 6.07) is 6.86. The third-order valence-corrected chi connectivity index (χ3v) is 4.09. The Morgan fingerprint density at radius 1 is 1.48 bits per heavy atom. The zero-order chi connectivity index (χ0) is 15.6. The molecule has 1 aromatic carbocycles. The molecular weight excluding hydrogens is 294 g/mol. The van der Waals surface area contributed by atoms with Gasteiger partial charge in [0.25, 0.3) is 0 Å². The minimum atomic E-state index is -3.60. The predicted molar refractivity (Wildman–Crippen MR) is 79.2 cm³/mol. The van der Waals surface area contributed by atoms with Gasteiger partial charge in [0.1, 0.15) is 0 Å². The fourth-order valence-corrected chi connectivity index (χ4v) is 3.31. The second kappa shape index (κ2) is 5.82. The third kappa shape index (κ3) is 4.27. The van der Waals surface area contributed by atoms with Crippen LogP contribution in [-0.4, -0.2) is 32.5 Å². The number of primary sulfonamides is 1. The maximum atomic E-state index is 12.0. The molecule has 1 heterocycles. The number of hydrogen-bond donors (Lipinski definition) is 2. The van der Waals surface area contributed by atoms with Crippen molar-refractivity contribution in [2.45, 2.75) is 13.3 Å². The highest BCUT2D eigenvalue weighted by Crippen LogP contribution is 2.27. The minimum absolute atomic E-state index is 0.149. The highest BCUT2D eigenvalue weighted by atomic mass is 32.2. The lowest BCUT2D eigenvalue weighted by Crippen LogP contribution is -2.27. The van der Waals surface area contributed by atoms with E-state index >= 15 is 0 Å². The van der Waals surface area contributed by atoms with Gasteiger partial charge >= 0.3 is 0 Å². The molecule has 1 atom stereocenters. The minimum Gasteiger partial charge on any atom is -0.326 e. The van der Waals surface area contributed by atoms with Gasteiger partial charge in [-0.25, -0.2) is 13.6 Å². The van der Waals surface area contributed by atoms with Gasteiger partial charge in [-0.2, -0.15) is 0 Å². The Labute approximate surface area is 123 Å². The molecular formula is C13H17N3O4S. The number of nitrogens with two attached hydrogens (primary N) is 1. The topological polar surface area (TPSA) is 110 Å². The Morgan fingerprint density at radius 2 is 2.19 bits per heavy atom. The number of amides is 2. The molecule has 21 heavy (non-hydrogen) atoms. The van der Waals surface area contributed by atoms with E-state index in [1.54, 1.807) is 24.3 Å². The summed E-state index contributed by atoms with van der Waals surface area (Å²) < 4.78 is 22.2.